The summed E-state index contributed by atoms with van der Waals surface area (Å²) in [5.74, 6) is -0.339. The predicted octanol–water partition coefficient (Wildman–Crippen LogP) is 4.08. The molecule has 1 saturated heterocycles. The van der Waals surface area contributed by atoms with Gasteiger partial charge in [-0.2, -0.15) is 13.2 Å². The molecule has 2 amide bonds. The Labute approximate surface area is 167 Å². The number of anilines is 3. The number of nitrogens with zero attached hydrogens (tertiary/aromatic N) is 2. The highest BCUT2D eigenvalue weighted by atomic mass is 19.4. The molecule has 8 heteroatoms. The fourth-order valence-corrected chi connectivity index (χ4v) is 3.30. The van der Waals surface area contributed by atoms with Crippen molar-refractivity contribution in [1.82, 2.24) is 0 Å². The molecule has 5 nitrogen and oxygen atoms in total. The maximum absolute atomic E-state index is 13.0. The zero-order valence-electron chi connectivity index (χ0n) is 16.2. The Kier molecular flexibility index (Phi) is 5.81. The predicted molar refractivity (Wildman–Crippen MR) is 106 cm³/mol. The van der Waals surface area contributed by atoms with Crippen LogP contribution in [0.15, 0.2) is 42.5 Å². The zero-order chi connectivity index (χ0) is 21.2. The third kappa shape index (κ3) is 4.88. The minimum atomic E-state index is -4.49. The van der Waals surface area contributed by atoms with Gasteiger partial charge in [0.05, 0.1) is 23.4 Å². The first-order valence-corrected chi connectivity index (χ1v) is 9.23. The second kappa shape index (κ2) is 8.14. The number of carbonyl (C=O) groups excluding carboxylic acids is 2. The SMILES string of the molecule is CN(C)c1ccc(C(F)(F)F)cc1NC(=O)Cc1ccc(N2CCCC2=O)cc1. The summed E-state index contributed by atoms with van der Waals surface area (Å²) in [6.07, 6.45) is -3.12. The minimum absolute atomic E-state index is 0.0113. The van der Waals surface area contributed by atoms with Gasteiger partial charge < -0.3 is 15.1 Å². The maximum atomic E-state index is 13.0. The van der Waals surface area contributed by atoms with Crippen molar-refractivity contribution in [3.8, 4) is 0 Å². The van der Waals surface area contributed by atoms with E-state index in [-0.39, 0.29) is 18.0 Å². The van der Waals surface area contributed by atoms with Gasteiger partial charge in [-0.1, -0.05) is 12.1 Å². The number of alkyl halides is 3. The van der Waals surface area contributed by atoms with Crippen molar-refractivity contribution >= 4 is 28.9 Å². The summed E-state index contributed by atoms with van der Waals surface area (Å²) in [5, 5.41) is 2.58. The molecule has 1 heterocycles. The molecule has 1 aliphatic heterocycles. The van der Waals surface area contributed by atoms with Crippen LogP contribution in [-0.2, 0) is 22.2 Å². The Balaban J connectivity index is 1.72. The third-order valence-corrected chi connectivity index (χ3v) is 4.77. The molecule has 3 rings (SSSR count). The molecule has 0 unspecified atom stereocenters. The van der Waals surface area contributed by atoms with Crippen LogP contribution < -0.4 is 15.1 Å². The van der Waals surface area contributed by atoms with E-state index in [1.54, 1.807) is 48.2 Å². The molecule has 29 heavy (non-hydrogen) atoms. The van der Waals surface area contributed by atoms with Gasteiger partial charge in [-0.05, 0) is 42.3 Å². The lowest BCUT2D eigenvalue weighted by molar-refractivity contribution is -0.137. The van der Waals surface area contributed by atoms with Crippen molar-refractivity contribution in [3.63, 3.8) is 0 Å². The summed E-state index contributed by atoms with van der Waals surface area (Å²) in [7, 11) is 3.38. The first-order valence-electron chi connectivity index (χ1n) is 9.23. The largest absolute Gasteiger partial charge is 0.416 e. The molecule has 0 saturated carbocycles. The van der Waals surface area contributed by atoms with E-state index in [4.69, 9.17) is 0 Å². The molecule has 1 aliphatic rings. The van der Waals surface area contributed by atoms with Crippen LogP contribution in [0.3, 0.4) is 0 Å². The van der Waals surface area contributed by atoms with Crippen molar-refractivity contribution in [2.75, 3.05) is 35.8 Å². The molecule has 2 aromatic carbocycles. The second-order valence-corrected chi connectivity index (χ2v) is 7.16. The number of hydrogen-bond donors (Lipinski definition) is 1. The maximum Gasteiger partial charge on any atom is 0.416 e. The van der Waals surface area contributed by atoms with Gasteiger partial charge >= 0.3 is 6.18 Å². The van der Waals surface area contributed by atoms with Crippen LogP contribution in [0, 0.1) is 0 Å². The highest BCUT2D eigenvalue weighted by Crippen LogP contribution is 2.35. The van der Waals surface area contributed by atoms with Crippen LogP contribution in [0.5, 0.6) is 0 Å². The standard InChI is InChI=1S/C21H22F3N3O2/c1-26(2)18-10-7-15(21(22,23)24)13-17(18)25-19(28)12-14-5-8-16(9-6-14)27-11-3-4-20(27)29/h5-10,13H,3-4,11-12H2,1-2H3,(H,25,28). The average Bonchev–Trinajstić information content (AvgIpc) is 3.07. The Hall–Kier alpha value is -3.03. The van der Waals surface area contributed by atoms with Gasteiger partial charge in [-0.3, -0.25) is 9.59 Å². The van der Waals surface area contributed by atoms with Crippen molar-refractivity contribution < 1.29 is 22.8 Å². The van der Waals surface area contributed by atoms with E-state index >= 15 is 0 Å². The minimum Gasteiger partial charge on any atom is -0.376 e. The summed E-state index contributed by atoms with van der Waals surface area (Å²) < 4.78 is 39.1. The van der Waals surface area contributed by atoms with Crippen molar-refractivity contribution in [2.45, 2.75) is 25.4 Å². The van der Waals surface area contributed by atoms with E-state index in [2.05, 4.69) is 5.32 Å². The molecular formula is C21H22F3N3O2. The molecule has 0 radical (unpaired) electrons. The topological polar surface area (TPSA) is 52.7 Å². The van der Waals surface area contributed by atoms with Gasteiger partial charge in [0, 0.05) is 32.7 Å². The fraction of sp³-hybridized carbons (Fsp3) is 0.333. The number of halogens is 3. The molecule has 2 aromatic rings. The van der Waals surface area contributed by atoms with Crippen LogP contribution >= 0.6 is 0 Å². The fourth-order valence-electron chi connectivity index (χ4n) is 3.30. The van der Waals surface area contributed by atoms with E-state index in [0.29, 0.717) is 24.2 Å². The lowest BCUT2D eigenvalue weighted by atomic mass is 10.1. The van der Waals surface area contributed by atoms with Gasteiger partial charge in [0.15, 0.2) is 0 Å². The quantitative estimate of drug-likeness (QED) is 0.816. The van der Waals surface area contributed by atoms with Crippen LogP contribution in [0.2, 0.25) is 0 Å². The van der Waals surface area contributed by atoms with Crippen molar-refractivity contribution in [3.05, 3.63) is 53.6 Å². The van der Waals surface area contributed by atoms with Crippen molar-refractivity contribution in [1.29, 1.82) is 0 Å². The number of amides is 2. The van der Waals surface area contributed by atoms with Gasteiger partial charge in [0.1, 0.15) is 0 Å². The monoisotopic (exact) mass is 405 g/mol. The number of benzene rings is 2. The summed E-state index contributed by atoms with van der Waals surface area (Å²) in [6.45, 7) is 0.682. The van der Waals surface area contributed by atoms with E-state index in [1.807, 2.05) is 0 Å². The first kappa shape index (κ1) is 20.7. The molecule has 1 fully saturated rings. The highest BCUT2D eigenvalue weighted by molar-refractivity contribution is 5.96. The summed E-state index contributed by atoms with van der Waals surface area (Å²) in [4.78, 5) is 27.6. The number of nitrogens with one attached hydrogen (secondary N) is 1. The molecule has 1 N–H and O–H groups in total. The molecule has 0 aliphatic carbocycles. The Morgan fingerprint density at radius 1 is 1.14 bits per heavy atom. The van der Waals surface area contributed by atoms with Crippen LogP contribution in [0.4, 0.5) is 30.2 Å². The molecule has 0 aromatic heterocycles. The summed E-state index contributed by atoms with van der Waals surface area (Å²) in [6, 6.07) is 10.3. The highest BCUT2D eigenvalue weighted by Gasteiger charge is 2.31. The Morgan fingerprint density at radius 2 is 1.83 bits per heavy atom. The number of rotatable bonds is 5. The number of carbonyl (C=O) groups is 2. The van der Waals surface area contributed by atoms with E-state index in [1.165, 1.54) is 6.07 Å². The molecular weight excluding hydrogens is 383 g/mol. The van der Waals surface area contributed by atoms with Gasteiger partial charge in [-0.15, -0.1) is 0 Å². The van der Waals surface area contributed by atoms with Crippen LogP contribution in [-0.4, -0.2) is 32.5 Å². The zero-order valence-corrected chi connectivity index (χ0v) is 16.2. The Morgan fingerprint density at radius 3 is 2.38 bits per heavy atom. The molecule has 0 bridgehead atoms. The third-order valence-electron chi connectivity index (χ3n) is 4.77. The lowest BCUT2D eigenvalue weighted by Crippen LogP contribution is -2.23. The van der Waals surface area contributed by atoms with Gasteiger partial charge in [-0.25, -0.2) is 0 Å². The number of hydrogen-bond acceptors (Lipinski definition) is 3. The van der Waals surface area contributed by atoms with E-state index < -0.39 is 17.6 Å². The van der Waals surface area contributed by atoms with E-state index in [9.17, 15) is 22.8 Å². The van der Waals surface area contributed by atoms with Crippen LogP contribution in [0.25, 0.3) is 0 Å². The average molecular weight is 405 g/mol. The molecule has 0 spiro atoms. The van der Waals surface area contributed by atoms with Crippen molar-refractivity contribution in [2.24, 2.45) is 0 Å². The van der Waals surface area contributed by atoms with Gasteiger partial charge in [0.25, 0.3) is 0 Å². The molecule has 0 atom stereocenters. The van der Waals surface area contributed by atoms with Gasteiger partial charge in [0.2, 0.25) is 11.8 Å². The second-order valence-electron chi connectivity index (χ2n) is 7.16. The normalized spacial score (nSPS) is 14.2. The molecule has 154 valence electrons. The van der Waals surface area contributed by atoms with Crippen LogP contribution in [0.1, 0.15) is 24.0 Å². The summed E-state index contributed by atoms with van der Waals surface area (Å²) >= 11 is 0. The van der Waals surface area contributed by atoms with E-state index in [0.717, 1.165) is 24.2 Å². The summed E-state index contributed by atoms with van der Waals surface area (Å²) in [5.41, 5.74) is 1.25. The smallest absolute Gasteiger partial charge is 0.376 e. The lowest BCUT2D eigenvalue weighted by Gasteiger charge is -2.20. The Bertz CT molecular complexity index is 908. The first-order chi connectivity index (χ1) is 13.6.